The van der Waals surface area contributed by atoms with Crippen molar-refractivity contribution in [1.29, 1.82) is 0 Å². The van der Waals surface area contributed by atoms with E-state index in [1.54, 1.807) is 25.1 Å². The number of nitrogens with one attached hydrogen (secondary N) is 2. The van der Waals surface area contributed by atoms with Crippen LogP contribution in [0.3, 0.4) is 0 Å². The molecule has 1 aromatic rings. The lowest BCUT2D eigenvalue weighted by Crippen LogP contribution is -2.52. The second-order valence-corrected chi connectivity index (χ2v) is 8.64. The third-order valence-corrected chi connectivity index (χ3v) is 6.26. The molecule has 2 amide bonds. The SMILES string of the molecule is CCC[C@](C(=O)NN)(c1ccc(C)cc1CCC=CC(=O)NO)S(C)(=O)=O. The molecule has 0 unspecified atom stereocenters. The quantitative estimate of drug-likeness (QED) is 0.161. The summed E-state index contributed by atoms with van der Waals surface area (Å²) in [6.45, 7) is 3.67. The summed E-state index contributed by atoms with van der Waals surface area (Å²) < 4.78 is 23.7. The number of amides is 2. The van der Waals surface area contributed by atoms with Crippen molar-refractivity contribution in [2.45, 2.75) is 44.3 Å². The molecule has 0 aliphatic heterocycles. The lowest BCUT2D eigenvalue weighted by Gasteiger charge is -2.32. The average molecular weight is 397 g/mol. The number of hydroxylamine groups is 1. The molecule has 27 heavy (non-hydrogen) atoms. The topological polar surface area (TPSA) is 139 Å². The fraction of sp³-hybridized carbons (Fsp3) is 0.444. The molecule has 1 rings (SSSR count). The fourth-order valence-corrected chi connectivity index (χ4v) is 4.75. The van der Waals surface area contributed by atoms with Gasteiger partial charge in [0.1, 0.15) is 0 Å². The lowest BCUT2D eigenvalue weighted by atomic mass is 9.86. The van der Waals surface area contributed by atoms with Gasteiger partial charge in [0, 0.05) is 12.3 Å². The van der Waals surface area contributed by atoms with Gasteiger partial charge < -0.3 is 0 Å². The van der Waals surface area contributed by atoms with Gasteiger partial charge in [-0.25, -0.2) is 19.7 Å². The van der Waals surface area contributed by atoms with Crippen molar-refractivity contribution in [3.63, 3.8) is 0 Å². The molecule has 1 aromatic carbocycles. The van der Waals surface area contributed by atoms with Crippen molar-refractivity contribution in [3.8, 4) is 0 Å². The molecule has 0 fully saturated rings. The van der Waals surface area contributed by atoms with E-state index in [-0.39, 0.29) is 6.42 Å². The summed E-state index contributed by atoms with van der Waals surface area (Å²) in [5.74, 6) is 3.90. The summed E-state index contributed by atoms with van der Waals surface area (Å²) >= 11 is 0. The minimum Gasteiger partial charge on any atom is -0.293 e. The van der Waals surface area contributed by atoms with E-state index in [0.29, 0.717) is 30.4 Å². The van der Waals surface area contributed by atoms with E-state index in [0.717, 1.165) is 11.8 Å². The third-order valence-electron chi connectivity index (χ3n) is 4.39. The first-order chi connectivity index (χ1) is 12.6. The zero-order valence-corrected chi connectivity index (χ0v) is 16.6. The van der Waals surface area contributed by atoms with Crippen molar-refractivity contribution in [3.05, 3.63) is 47.0 Å². The van der Waals surface area contributed by atoms with Crippen LogP contribution in [0, 0.1) is 6.92 Å². The minimum atomic E-state index is -3.84. The molecule has 8 nitrogen and oxygen atoms in total. The van der Waals surface area contributed by atoms with E-state index < -0.39 is 26.4 Å². The molecule has 5 N–H and O–H groups in total. The molecule has 0 aliphatic rings. The Labute approximate surface area is 159 Å². The van der Waals surface area contributed by atoms with Crippen LogP contribution in [0.4, 0.5) is 0 Å². The molecule has 0 bridgehead atoms. The predicted molar refractivity (Wildman–Crippen MR) is 102 cm³/mol. The maximum absolute atomic E-state index is 12.7. The van der Waals surface area contributed by atoms with Crippen LogP contribution in [0.5, 0.6) is 0 Å². The average Bonchev–Trinajstić information content (AvgIpc) is 2.61. The number of hydrogen-bond acceptors (Lipinski definition) is 6. The smallest absolute Gasteiger partial charge is 0.267 e. The fourth-order valence-electron chi connectivity index (χ4n) is 3.18. The van der Waals surface area contributed by atoms with E-state index in [2.05, 4.69) is 0 Å². The van der Waals surface area contributed by atoms with Gasteiger partial charge in [-0.2, -0.15) is 0 Å². The Morgan fingerprint density at radius 2 is 2.00 bits per heavy atom. The summed E-state index contributed by atoms with van der Waals surface area (Å²) in [6, 6.07) is 5.24. The number of carbonyl (C=O) groups excluding carboxylic acids is 2. The van der Waals surface area contributed by atoms with E-state index in [4.69, 9.17) is 11.0 Å². The highest BCUT2D eigenvalue weighted by Crippen LogP contribution is 2.38. The predicted octanol–water partition coefficient (Wildman–Crippen LogP) is 1.02. The second-order valence-electron chi connectivity index (χ2n) is 6.40. The van der Waals surface area contributed by atoms with Crippen LogP contribution in [0.1, 0.15) is 42.9 Å². The highest BCUT2D eigenvalue weighted by Gasteiger charge is 2.49. The Bertz CT molecular complexity index is 820. The summed E-state index contributed by atoms with van der Waals surface area (Å²) in [4.78, 5) is 23.7. The molecule has 1 atom stereocenters. The Morgan fingerprint density at radius 1 is 1.33 bits per heavy atom. The highest BCUT2D eigenvalue weighted by atomic mass is 32.2. The molecule has 0 spiro atoms. The van der Waals surface area contributed by atoms with Gasteiger partial charge in [-0.15, -0.1) is 0 Å². The van der Waals surface area contributed by atoms with E-state index >= 15 is 0 Å². The molecular weight excluding hydrogens is 370 g/mol. The summed E-state index contributed by atoms with van der Waals surface area (Å²) in [7, 11) is -3.84. The standard InChI is InChI=1S/C18H27N3O5S/c1-4-11-18(17(23)20-19,27(3,25)26)15-10-9-13(2)12-14(15)7-5-6-8-16(22)21-24/h6,8-10,12,24H,4-5,7,11,19H2,1-3H3,(H,20,23)(H,21,22)/t18-/m1/s1. The number of hydrazine groups is 1. The molecular formula is C18H27N3O5S. The number of aryl methyl sites for hydroxylation is 2. The maximum Gasteiger partial charge on any atom is 0.267 e. The van der Waals surface area contributed by atoms with Gasteiger partial charge >= 0.3 is 0 Å². The number of carbonyl (C=O) groups is 2. The van der Waals surface area contributed by atoms with Gasteiger partial charge in [-0.3, -0.25) is 20.2 Å². The van der Waals surface area contributed by atoms with Crippen molar-refractivity contribution >= 4 is 21.7 Å². The monoisotopic (exact) mass is 397 g/mol. The second kappa shape index (κ2) is 9.63. The Morgan fingerprint density at radius 3 is 2.52 bits per heavy atom. The van der Waals surface area contributed by atoms with Crippen LogP contribution >= 0.6 is 0 Å². The lowest BCUT2D eigenvalue weighted by molar-refractivity contribution is -0.124. The zero-order valence-electron chi connectivity index (χ0n) is 15.8. The Kier molecular flexibility index (Phi) is 8.14. The first-order valence-corrected chi connectivity index (χ1v) is 10.4. The van der Waals surface area contributed by atoms with E-state index in [9.17, 15) is 18.0 Å². The molecule has 0 radical (unpaired) electrons. The van der Waals surface area contributed by atoms with Crippen LogP contribution < -0.4 is 16.7 Å². The van der Waals surface area contributed by atoms with Crippen molar-refractivity contribution in [2.75, 3.05) is 6.26 Å². The van der Waals surface area contributed by atoms with E-state index in [1.165, 1.54) is 11.6 Å². The van der Waals surface area contributed by atoms with Gasteiger partial charge in [-0.1, -0.05) is 43.2 Å². The highest BCUT2D eigenvalue weighted by molar-refractivity contribution is 7.92. The molecule has 0 aliphatic carbocycles. The third kappa shape index (κ3) is 5.15. The Balaban J connectivity index is 3.49. The molecule has 9 heteroatoms. The molecule has 0 saturated carbocycles. The molecule has 0 aromatic heterocycles. The van der Waals surface area contributed by atoms with Crippen molar-refractivity contribution in [2.24, 2.45) is 5.84 Å². The van der Waals surface area contributed by atoms with Crippen molar-refractivity contribution < 1.29 is 23.2 Å². The van der Waals surface area contributed by atoms with Gasteiger partial charge in [0.25, 0.3) is 11.8 Å². The first-order valence-electron chi connectivity index (χ1n) is 8.55. The number of nitrogens with two attached hydrogens (primary N) is 1. The zero-order chi connectivity index (χ0) is 20.7. The molecule has 0 saturated heterocycles. The maximum atomic E-state index is 12.7. The first kappa shape index (κ1) is 22.8. The number of allylic oxidation sites excluding steroid dienone is 1. The molecule has 150 valence electrons. The van der Waals surface area contributed by atoms with Crippen LogP contribution in [0.15, 0.2) is 30.4 Å². The van der Waals surface area contributed by atoms with Crippen molar-refractivity contribution in [1.82, 2.24) is 10.9 Å². The molecule has 0 heterocycles. The number of rotatable bonds is 9. The van der Waals surface area contributed by atoms with Gasteiger partial charge in [0.2, 0.25) is 0 Å². The Hall–Kier alpha value is -2.23. The van der Waals surface area contributed by atoms with E-state index in [1.807, 2.05) is 18.4 Å². The van der Waals surface area contributed by atoms with Crippen LogP contribution in [-0.4, -0.2) is 31.7 Å². The summed E-state index contributed by atoms with van der Waals surface area (Å²) in [5, 5.41) is 8.50. The number of benzene rings is 1. The summed E-state index contributed by atoms with van der Waals surface area (Å²) in [6.07, 6.45) is 5.15. The number of hydrogen-bond donors (Lipinski definition) is 4. The van der Waals surface area contributed by atoms with Crippen LogP contribution in [0.25, 0.3) is 0 Å². The van der Waals surface area contributed by atoms with Gasteiger partial charge in [0.15, 0.2) is 14.6 Å². The summed E-state index contributed by atoms with van der Waals surface area (Å²) in [5.41, 5.74) is 5.50. The van der Waals surface area contributed by atoms with Crippen LogP contribution in [-0.2, 0) is 30.6 Å². The normalized spacial score (nSPS) is 14.0. The minimum absolute atomic E-state index is 0.0910. The largest absolute Gasteiger partial charge is 0.293 e. The van der Waals surface area contributed by atoms with Gasteiger partial charge in [0.05, 0.1) is 0 Å². The van der Waals surface area contributed by atoms with Crippen LogP contribution in [0.2, 0.25) is 0 Å². The number of sulfone groups is 1. The van der Waals surface area contributed by atoms with Gasteiger partial charge in [-0.05, 0) is 37.3 Å².